The van der Waals surface area contributed by atoms with Gasteiger partial charge in [0.25, 0.3) is 0 Å². The van der Waals surface area contributed by atoms with E-state index in [1.807, 2.05) is 0 Å². The lowest BCUT2D eigenvalue weighted by Gasteiger charge is -2.41. The van der Waals surface area contributed by atoms with Crippen LogP contribution < -0.4 is 0 Å². The van der Waals surface area contributed by atoms with Gasteiger partial charge in [-0.1, -0.05) is 52.4 Å². The molecule has 3 nitrogen and oxygen atoms in total. The van der Waals surface area contributed by atoms with Crippen molar-refractivity contribution in [1.82, 2.24) is 0 Å². The minimum atomic E-state index is -0.461. The van der Waals surface area contributed by atoms with Crippen LogP contribution in [0.1, 0.15) is 104 Å². The van der Waals surface area contributed by atoms with Gasteiger partial charge in [-0.15, -0.1) is 0 Å². The summed E-state index contributed by atoms with van der Waals surface area (Å²) in [5.74, 6) is 2.75. The van der Waals surface area contributed by atoms with Crippen molar-refractivity contribution in [3.05, 3.63) is 0 Å². The monoisotopic (exact) mass is 352 g/mol. The molecule has 3 heteroatoms. The molecular weight excluding hydrogens is 312 g/mol. The van der Waals surface area contributed by atoms with Crippen LogP contribution in [0.25, 0.3) is 0 Å². The Morgan fingerprint density at radius 3 is 2.16 bits per heavy atom. The SMILES string of the molecule is CCCCCOC(=O)OC1(C)CCC(C2CCC(CCC)CC2)CC1. The van der Waals surface area contributed by atoms with Crippen molar-refractivity contribution >= 4 is 6.16 Å². The lowest BCUT2D eigenvalue weighted by molar-refractivity contribution is -0.0567. The Morgan fingerprint density at radius 2 is 1.56 bits per heavy atom. The maximum atomic E-state index is 11.9. The van der Waals surface area contributed by atoms with E-state index in [0.717, 1.165) is 49.9 Å². The van der Waals surface area contributed by atoms with Gasteiger partial charge < -0.3 is 9.47 Å². The fourth-order valence-corrected chi connectivity index (χ4v) is 4.92. The third-order valence-corrected chi connectivity index (χ3v) is 6.64. The highest BCUT2D eigenvalue weighted by Crippen LogP contribution is 2.44. The average Bonchev–Trinajstić information content (AvgIpc) is 2.60. The predicted octanol–water partition coefficient (Wildman–Crippen LogP) is 6.89. The second kappa shape index (κ2) is 10.4. The molecule has 25 heavy (non-hydrogen) atoms. The summed E-state index contributed by atoms with van der Waals surface area (Å²) in [6.45, 7) is 7.04. The van der Waals surface area contributed by atoms with Gasteiger partial charge in [-0.05, 0) is 69.6 Å². The first-order chi connectivity index (χ1) is 12.1. The zero-order chi connectivity index (χ0) is 18.1. The first-order valence-electron chi connectivity index (χ1n) is 10.9. The van der Waals surface area contributed by atoms with Gasteiger partial charge in [0.2, 0.25) is 0 Å². The molecule has 0 spiro atoms. The first kappa shape index (κ1) is 20.6. The van der Waals surface area contributed by atoms with Gasteiger partial charge in [-0.25, -0.2) is 4.79 Å². The molecule has 2 saturated carbocycles. The standard InChI is InChI=1S/C22H40O3/c1-4-6-7-17-24-21(23)25-22(3)15-13-20(14-16-22)19-11-9-18(8-5-2)10-12-19/h18-20H,4-17H2,1-3H3. The third-order valence-electron chi connectivity index (χ3n) is 6.64. The van der Waals surface area contributed by atoms with Crippen molar-refractivity contribution in [2.45, 2.75) is 110 Å². The quantitative estimate of drug-likeness (QED) is 0.352. The minimum Gasteiger partial charge on any atom is -0.434 e. The fourth-order valence-electron chi connectivity index (χ4n) is 4.92. The molecule has 0 atom stereocenters. The van der Waals surface area contributed by atoms with Crippen LogP contribution >= 0.6 is 0 Å². The predicted molar refractivity (Wildman–Crippen MR) is 103 cm³/mol. The largest absolute Gasteiger partial charge is 0.508 e. The number of unbranched alkanes of at least 4 members (excludes halogenated alkanes) is 2. The van der Waals surface area contributed by atoms with E-state index in [2.05, 4.69) is 20.8 Å². The van der Waals surface area contributed by atoms with Crippen molar-refractivity contribution in [2.24, 2.45) is 17.8 Å². The molecule has 0 N–H and O–H groups in total. The number of carbonyl (C=O) groups excluding carboxylic acids is 1. The number of carbonyl (C=O) groups is 1. The summed E-state index contributed by atoms with van der Waals surface area (Å²) in [4.78, 5) is 11.9. The summed E-state index contributed by atoms with van der Waals surface area (Å²) < 4.78 is 10.9. The second-order valence-corrected chi connectivity index (χ2v) is 8.76. The van der Waals surface area contributed by atoms with Crippen molar-refractivity contribution in [1.29, 1.82) is 0 Å². The smallest absolute Gasteiger partial charge is 0.434 e. The highest BCUT2D eigenvalue weighted by atomic mass is 16.7. The summed E-state index contributed by atoms with van der Waals surface area (Å²) >= 11 is 0. The van der Waals surface area contributed by atoms with Crippen molar-refractivity contribution in [3.63, 3.8) is 0 Å². The highest BCUT2D eigenvalue weighted by Gasteiger charge is 2.38. The molecule has 2 aliphatic rings. The van der Waals surface area contributed by atoms with Gasteiger partial charge in [-0.3, -0.25) is 0 Å². The van der Waals surface area contributed by atoms with Gasteiger partial charge in [0.1, 0.15) is 5.60 Å². The molecule has 0 aliphatic heterocycles. The Bertz CT molecular complexity index is 377. The topological polar surface area (TPSA) is 35.5 Å². The van der Waals surface area contributed by atoms with Crippen molar-refractivity contribution in [3.8, 4) is 0 Å². The van der Waals surface area contributed by atoms with E-state index in [-0.39, 0.29) is 5.60 Å². The lowest BCUT2D eigenvalue weighted by Crippen LogP contribution is -2.38. The van der Waals surface area contributed by atoms with E-state index in [0.29, 0.717) is 6.61 Å². The Hall–Kier alpha value is -0.730. The molecule has 2 rings (SSSR count). The maximum absolute atomic E-state index is 11.9. The molecule has 0 aromatic heterocycles. The molecule has 0 aromatic rings. The molecule has 0 bridgehead atoms. The molecule has 0 heterocycles. The molecule has 0 unspecified atom stereocenters. The highest BCUT2D eigenvalue weighted by molar-refractivity contribution is 5.60. The maximum Gasteiger partial charge on any atom is 0.508 e. The van der Waals surface area contributed by atoms with Crippen LogP contribution in [0.3, 0.4) is 0 Å². The summed E-state index contributed by atoms with van der Waals surface area (Å²) in [6.07, 6.45) is 15.6. The van der Waals surface area contributed by atoms with Gasteiger partial charge in [0.05, 0.1) is 6.61 Å². The van der Waals surface area contributed by atoms with Crippen LogP contribution in [0.5, 0.6) is 0 Å². The zero-order valence-corrected chi connectivity index (χ0v) is 16.9. The average molecular weight is 353 g/mol. The Balaban J connectivity index is 1.67. The lowest BCUT2D eigenvalue weighted by atomic mass is 9.68. The second-order valence-electron chi connectivity index (χ2n) is 8.76. The van der Waals surface area contributed by atoms with E-state index < -0.39 is 6.16 Å². The van der Waals surface area contributed by atoms with Crippen molar-refractivity contribution in [2.75, 3.05) is 6.61 Å². The van der Waals surface area contributed by atoms with Crippen LogP contribution in [0.4, 0.5) is 4.79 Å². The van der Waals surface area contributed by atoms with Crippen LogP contribution in [0, 0.1) is 17.8 Å². The van der Waals surface area contributed by atoms with E-state index in [1.165, 1.54) is 51.4 Å². The van der Waals surface area contributed by atoms with Gasteiger partial charge in [0.15, 0.2) is 0 Å². The summed E-state index contributed by atoms with van der Waals surface area (Å²) in [7, 11) is 0. The minimum absolute atomic E-state index is 0.308. The molecule has 0 aromatic carbocycles. The number of ether oxygens (including phenoxy) is 2. The van der Waals surface area contributed by atoms with Gasteiger partial charge in [0, 0.05) is 0 Å². The Morgan fingerprint density at radius 1 is 0.920 bits per heavy atom. The fraction of sp³-hybridized carbons (Fsp3) is 0.955. The molecule has 2 aliphatic carbocycles. The molecule has 2 fully saturated rings. The molecule has 0 saturated heterocycles. The summed E-state index contributed by atoms with van der Waals surface area (Å²) in [5, 5.41) is 0. The van der Waals surface area contributed by atoms with E-state index >= 15 is 0 Å². The molecular formula is C22H40O3. The summed E-state index contributed by atoms with van der Waals surface area (Å²) in [6, 6.07) is 0. The van der Waals surface area contributed by atoms with E-state index in [9.17, 15) is 4.79 Å². The third kappa shape index (κ3) is 6.83. The van der Waals surface area contributed by atoms with Crippen molar-refractivity contribution < 1.29 is 14.3 Å². The van der Waals surface area contributed by atoms with E-state index in [1.54, 1.807) is 0 Å². The number of rotatable bonds is 8. The molecule has 0 amide bonds. The Kier molecular flexibility index (Phi) is 8.58. The first-order valence-corrected chi connectivity index (χ1v) is 10.9. The van der Waals surface area contributed by atoms with Gasteiger partial charge in [-0.2, -0.15) is 0 Å². The Labute approximate surface area is 155 Å². The number of hydrogen-bond donors (Lipinski definition) is 0. The van der Waals surface area contributed by atoms with Crippen LogP contribution in [0.15, 0.2) is 0 Å². The van der Waals surface area contributed by atoms with Crippen LogP contribution in [-0.4, -0.2) is 18.4 Å². The molecule has 146 valence electrons. The van der Waals surface area contributed by atoms with Crippen LogP contribution in [-0.2, 0) is 9.47 Å². The van der Waals surface area contributed by atoms with E-state index in [4.69, 9.17) is 9.47 Å². The normalized spacial score (nSPS) is 33.0. The number of hydrogen-bond acceptors (Lipinski definition) is 3. The molecule has 0 radical (unpaired) electrons. The zero-order valence-electron chi connectivity index (χ0n) is 16.9. The van der Waals surface area contributed by atoms with Crippen LogP contribution in [0.2, 0.25) is 0 Å². The van der Waals surface area contributed by atoms with Gasteiger partial charge >= 0.3 is 6.16 Å². The summed E-state index contributed by atoms with van der Waals surface area (Å²) in [5.41, 5.74) is -0.308.